The maximum Gasteiger partial charge on any atom is 0.214 e. The first-order chi connectivity index (χ1) is 8.33. The number of rotatable bonds is 6. The van der Waals surface area contributed by atoms with Gasteiger partial charge < -0.3 is 5.32 Å². The first-order valence-corrected chi connectivity index (χ1v) is 8.66. The smallest absolute Gasteiger partial charge is 0.214 e. The Morgan fingerprint density at radius 1 is 1.22 bits per heavy atom. The lowest BCUT2D eigenvalue weighted by atomic mass is 10.1. The summed E-state index contributed by atoms with van der Waals surface area (Å²) in [6, 6.07) is 0.362. The maximum atomic E-state index is 12.4. The molecular weight excluding hydrogens is 248 g/mol. The molecule has 0 spiro atoms. The topological polar surface area (TPSA) is 49.4 Å². The van der Waals surface area contributed by atoms with Crippen molar-refractivity contribution < 1.29 is 8.42 Å². The van der Waals surface area contributed by atoms with Gasteiger partial charge in [-0.3, -0.25) is 0 Å². The fourth-order valence-electron chi connectivity index (χ4n) is 2.46. The van der Waals surface area contributed by atoms with Crippen LogP contribution in [-0.4, -0.2) is 43.6 Å². The lowest BCUT2D eigenvalue weighted by Crippen LogP contribution is -2.49. The van der Waals surface area contributed by atoms with Crippen LogP contribution in [0, 0.1) is 5.92 Å². The van der Waals surface area contributed by atoms with E-state index in [2.05, 4.69) is 5.32 Å². The Labute approximate surface area is 112 Å². The summed E-state index contributed by atoms with van der Waals surface area (Å²) in [6.07, 6.45) is 3.49. The molecule has 108 valence electrons. The molecule has 1 fully saturated rings. The predicted molar refractivity (Wildman–Crippen MR) is 76.1 cm³/mol. The molecule has 1 rings (SSSR count). The lowest BCUT2D eigenvalue weighted by molar-refractivity contribution is 0.281. The SMILES string of the molecule is CC(C)CS(=O)(=O)N(CC1CCCCN1)C(C)C. The maximum absolute atomic E-state index is 12.4. The zero-order valence-corrected chi connectivity index (χ0v) is 13.0. The molecule has 0 radical (unpaired) electrons. The monoisotopic (exact) mass is 276 g/mol. The Bertz CT molecular complexity index is 333. The molecule has 0 aromatic heterocycles. The van der Waals surface area contributed by atoms with Gasteiger partial charge in [-0.15, -0.1) is 0 Å². The fourth-order valence-corrected chi connectivity index (χ4v) is 4.54. The van der Waals surface area contributed by atoms with Crippen LogP contribution in [-0.2, 0) is 10.0 Å². The molecule has 0 amide bonds. The minimum absolute atomic E-state index is 0.0393. The summed E-state index contributed by atoms with van der Waals surface area (Å²) in [5, 5.41) is 3.42. The molecule has 18 heavy (non-hydrogen) atoms. The van der Waals surface area contributed by atoms with Crippen molar-refractivity contribution in [2.45, 2.75) is 59.0 Å². The van der Waals surface area contributed by atoms with Gasteiger partial charge in [0, 0.05) is 18.6 Å². The summed E-state index contributed by atoms with van der Waals surface area (Å²) >= 11 is 0. The van der Waals surface area contributed by atoms with Gasteiger partial charge in [0.05, 0.1) is 5.75 Å². The highest BCUT2D eigenvalue weighted by Gasteiger charge is 2.28. The molecule has 1 heterocycles. The van der Waals surface area contributed by atoms with Crippen LogP contribution in [0.1, 0.15) is 47.0 Å². The molecular formula is C13H28N2O2S. The molecule has 0 bridgehead atoms. The minimum Gasteiger partial charge on any atom is -0.313 e. The summed E-state index contributed by atoms with van der Waals surface area (Å²) in [6.45, 7) is 9.46. The van der Waals surface area contributed by atoms with E-state index in [1.807, 2.05) is 27.7 Å². The molecule has 1 unspecified atom stereocenters. The Hall–Kier alpha value is -0.130. The van der Waals surface area contributed by atoms with Crippen molar-refractivity contribution in [1.29, 1.82) is 0 Å². The highest BCUT2D eigenvalue weighted by molar-refractivity contribution is 7.89. The third kappa shape index (κ3) is 4.86. The Kier molecular flexibility index (Phi) is 6.08. The molecule has 1 aliphatic heterocycles. The van der Waals surface area contributed by atoms with Crippen LogP contribution in [0.4, 0.5) is 0 Å². The van der Waals surface area contributed by atoms with E-state index in [9.17, 15) is 8.42 Å². The van der Waals surface area contributed by atoms with Gasteiger partial charge in [0.2, 0.25) is 10.0 Å². The predicted octanol–water partition coefficient (Wildman–Crippen LogP) is 1.82. The van der Waals surface area contributed by atoms with Crippen molar-refractivity contribution >= 4 is 10.0 Å². The summed E-state index contributed by atoms with van der Waals surface area (Å²) in [4.78, 5) is 0. The van der Waals surface area contributed by atoms with Gasteiger partial charge in [-0.25, -0.2) is 8.42 Å². The molecule has 1 saturated heterocycles. The second kappa shape index (κ2) is 6.87. The second-order valence-corrected chi connectivity index (χ2v) is 7.95. The summed E-state index contributed by atoms with van der Waals surface area (Å²) in [7, 11) is -3.13. The molecule has 0 aromatic rings. The minimum atomic E-state index is -3.13. The zero-order chi connectivity index (χ0) is 13.8. The van der Waals surface area contributed by atoms with Crippen LogP contribution < -0.4 is 5.32 Å². The summed E-state index contributed by atoms with van der Waals surface area (Å²) in [5.74, 6) is 0.424. The van der Waals surface area contributed by atoms with Gasteiger partial charge >= 0.3 is 0 Å². The van der Waals surface area contributed by atoms with E-state index in [-0.39, 0.29) is 17.7 Å². The van der Waals surface area contributed by atoms with Gasteiger partial charge in [0.15, 0.2) is 0 Å². The summed E-state index contributed by atoms with van der Waals surface area (Å²) < 4.78 is 26.4. The average Bonchev–Trinajstić information content (AvgIpc) is 2.25. The van der Waals surface area contributed by atoms with Gasteiger partial charge in [-0.1, -0.05) is 20.3 Å². The fraction of sp³-hybridized carbons (Fsp3) is 1.00. The molecule has 0 saturated carbocycles. The van der Waals surface area contributed by atoms with Crippen molar-refractivity contribution in [3.05, 3.63) is 0 Å². The molecule has 1 aliphatic rings. The van der Waals surface area contributed by atoms with Crippen molar-refractivity contribution in [2.24, 2.45) is 5.92 Å². The van der Waals surface area contributed by atoms with E-state index in [4.69, 9.17) is 0 Å². The van der Waals surface area contributed by atoms with E-state index in [0.29, 0.717) is 12.6 Å². The van der Waals surface area contributed by atoms with E-state index in [1.165, 1.54) is 12.8 Å². The third-order valence-corrected chi connectivity index (χ3v) is 5.66. The van der Waals surface area contributed by atoms with Gasteiger partial charge in [-0.05, 0) is 39.2 Å². The number of hydrogen-bond acceptors (Lipinski definition) is 3. The number of piperidine rings is 1. The Morgan fingerprint density at radius 3 is 2.33 bits per heavy atom. The van der Waals surface area contributed by atoms with Gasteiger partial charge in [0.25, 0.3) is 0 Å². The first-order valence-electron chi connectivity index (χ1n) is 7.06. The number of nitrogens with zero attached hydrogens (tertiary/aromatic N) is 1. The van der Waals surface area contributed by atoms with Crippen LogP contribution in [0.3, 0.4) is 0 Å². The highest BCUT2D eigenvalue weighted by atomic mass is 32.2. The van der Waals surface area contributed by atoms with Crippen LogP contribution in [0.25, 0.3) is 0 Å². The van der Waals surface area contributed by atoms with Crippen molar-refractivity contribution in [3.63, 3.8) is 0 Å². The lowest BCUT2D eigenvalue weighted by Gasteiger charge is -2.32. The molecule has 0 aliphatic carbocycles. The Morgan fingerprint density at radius 2 is 1.89 bits per heavy atom. The second-order valence-electron chi connectivity index (χ2n) is 5.98. The molecule has 0 aromatic carbocycles. The molecule has 1 N–H and O–H groups in total. The van der Waals surface area contributed by atoms with Gasteiger partial charge in [-0.2, -0.15) is 4.31 Å². The average molecular weight is 276 g/mol. The van der Waals surface area contributed by atoms with Crippen molar-refractivity contribution in [2.75, 3.05) is 18.8 Å². The Balaban J connectivity index is 2.69. The van der Waals surface area contributed by atoms with Crippen LogP contribution in [0.15, 0.2) is 0 Å². The number of sulfonamides is 1. The van der Waals surface area contributed by atoms with E-state index >= 15 is 0 Å². The normalized spacial score (nSPS) is 22.1. The van der Waals surface area contributed by atoms with Crippen molar-refractivity contribution in [3.8, 4) is 0 Å². The largest absolute Gasteiger partial charge is 0.313 e. The summed E-state index contributed by atoms with van der Waals surface area (Å²) in [5.41, 5.74) is 0. The third-order valence-electron chi connectivity index (χ3n) is 3.29. The van der Waals surface area contributed by atoms with Crippen LogP contribution in [0.2, 0.25) is 0 Å². The van der Waals surface area contributed by atoms with Crippen LogP contribution >= 0.6 is 0 Å². The highest BCUT2D eigenvalue weighted by Crippen LogP contribution is 2.15. The van der Waals surface area contributed by atoms with E-state index in [1.54, 1.807) is 4.31 Å². The van der Waals surface area contributed by atoms with Crippen molar-refractivity contribution in [1.82, 2.24) is 9.62 Å². The molecule has 1 atom stereocenters. The quantitative estimate of drug-likeness (QED) is 0.805. The van der Waals surface area contributed by atoms with E-state index < -0.39 is 10.0 Å². The zero-order valence-electron chi connectivity index (χ0n) is 12.1. The molecule has 5 heteroatoms. The number of hydrogen-bond donors (Lipinski definition) is 1. The van der Waals surface area contributed by atoms with Crippen LogP contribution in [0.5, 0.6) is 0 Å². The molecule has 4 nitrogen and oxygen atoms in total. The first kappa shape index (κ1) is 15.9. The van der Waals surface area contributed by atoms with Gasteiger partial charge in [0.1, 0.15) is 0 Å². The van der Waals surface area contributed by atoms with E-state index in [0.717, 1.165) is 13.0 Å². The number of nitrogens with one attached hydrogen (secondary N) is 1. The standard InChI is InChI=1S/C13H28N2O2S/c1-11(2)10-18(16,17)15(12(3)4)9-13-7-5-6-8-14-13/h11-14H,5-10H2,1-4H3.